The molecule has 1 saturated heterocycles. The number of para-hydroxylation sites is 1. The maximum Gasteiger partial charge on any atom is 0.327 e. The van der Waals surface area contributed by atoms with E-state index in [2.05, 4.69) is 20.3 Å². The van der Waals surface area contributed by atoms with Gasteiger partial charge in [0, 0.05) is 41.8 Å². The van der Waals surface area contributed by atoms with Crippen molar-refractivity contribution in [1.29, 1.82) is 0 Å². The average Bonchev–Trinajstić information content (AvgIpc) is 3.24. The molecule has 186 valence electrons. The van der Waals surface area contributed by atoms with E-state index in [9.17, 15) is 14.7 Å². The highest BCUT2D eigenvalue weighted by Gasteiger charge is 2.23. The maximum absolute atomic E-state index is 12.6. The van der Waals surface area contributed by atoms with Gasteiger partial charge in [0.25, 0.3) is 5.91 Å². The van der Waals surface area contributed by atoms with Crippen LogP contribution in [0.5, 0.6) is 11.6 Å². The van der Waals surface area contributed by atoms with Gasteiger partial charge in [0.15, 0.2) is 5.82 Å². The number of nitrogens with one attached hydrogen (secondary N) is 3. The van der Waals surface area contributed by atoms with Crippen LogP contribution in [-0.2, 0) is 6.61 Å². The van der Waals surface area contributed by atoms with Gasteiger partial charge in [-0.15, -0.1) is 0 Å². The lowest BCUT2D eigenvalue weighted by atomic mass is 9.96. The Morgan fingerprint density at radius 3 is 2.61 bits per heavy atom. The summed E-state index contributed by atoms with van der Waals surface area (Å²) in [7, 11) is 0. The molecule has 3 heterocycles. The van der Waals surface area contributed by atoms with Crippen LogP contribution in [0.25, 0.3) is 10.9 Å². The lowest BCUT2D eigenvalue weighted by Gasteiger charge is -2.32. The number of amides is 1. The van der Waals surface area contributed by atoms with Gasteiger partial charge in [-0.1, -0.05) is 18.2 Å². The van der Waals surface area contributed by atoms with Gasteiger partial charge >= 0.3 is 5.69 Å². The fourth-order valence-corrected chi connectivity index (χ4v) is 4.67. The quantitative estimate of drug-likeness (QED) is 0.316. The first kappa shape index (κ1) is 23.5. The summed E-state index contributed by atoms with van der Waals surface area (Å²) in [5.41, 5.74) is 3.13. The molecule has 0 atom stereocenters. The monoisotopic (exact) mass is 487 g/mol. The standard InChI is InChI=1S/C27H29N5O4/c1-17-14-20(22-4-2-3-5-23(22)29-17)16-36-21-8-6-19(7-9-21)25(33)28-15-18-10-12-32(13-11-18)24-26(34)31-27(35)30-24/h2-9,14,18,34H,10-13,15-16H2,1H3,(H,28,33)(H2,30,31,35). The van der Waals surface area contributed by atoms with Crippen LogP contribution in [0.1, 0.15) is 34.5 Å². The SMILES string of the molecule is Cc1cc(COc2ccc(C(=O)NCC3CCN(c4[nH]c(=O)[nH]c4O)CC3)cc2)c2ccccc2n1. The molecular weight excluding hydrogens is 458 g/mol. The zero-order valence-corrected chi connectivity index (χ0v) is 20.1. The molecule has 0 radical (unpaired) electrons. The highest BCUT2D eigenvalue weighted by molar-refractivity contribution is 5.94. The van der Waals surface area contributed by atoms with Crippen LogP contribution in [0.3, 0.4) is 0 Å². The van der Waals surface area contributed by atoms with Gasteiger partial charge in [-0.2, -0.15) is 0 Å². The maximum atomic E-state index is 12.6. The number of H-pyrrole nitrogens is 2. The molecule has 9 nitrogen and oxygen atoms in total. The Bertz CT molecular complexity index is 1420. The number of rotatable bonds is 7. The second-order valence-corrected chi connectivity index (χ2v) is 9.17. The number of nitrogens with zero attached hydrogens (tertiary/aromatic N) is 2. The number of piperidine rings is 1. The molecule has 5 rings (SSSR count). The number of hydrogen-bond acceptors (Lipinski definition) is 6. The van der Waals surface area contributed by atoms with E-state index in [1.807, 2.05) is 54.3 Å². The number of aromatic nitrogens is 3. The van der Waals surface area contributed by atoms with Gasteiger partial charge in [-0.05, 0) is 62.1 Å². The molecule has 0 bridgehead atoms. The van der Waals surface area contributed by atoms with Crippen molar-refractivity contribution in [3.05, 3.63) is 81.9 Å². The molecule has 2 aromatic carbocycles. The van der Waals surface area contributed by atoms with Crippen LogP contribution in [0.2, 0.25) is 0 Å². The number of hydrogen-bond donors (Lipinski definition) is 4. The zero-order chi connectivity index (χ0) is 25.1. The van der Waals surface area contributed by atoms with Gasteiger partial charge in [0.1, 0.15) is 12.4 Å². The molecule has 1 aliphatic heterocycles. The van der Waals surface area contributed by atoms with E-state index in [0.29, 0.717) is 49.3 Å². The molecule has 4 aromatic rings. The van der Waals surface area contributed by atoms with Crippen LogP contribution in [0.15, 0.2) is 59.4 Å². The van der Waals surface area contributed by atoms with Crippen molar-refractivity contribution < 1.29 is 14.6 Å². The minimum absolute atomic E-state index is 0.118. The van der Waals surface area contributed by atoms with E-state index >= 15 is 0 Å². The highest BCUT2D eigenvalue weighted by atomic mass is 16.5. The van der Waals surface area contributed by atoms with E-state index < -0.39 is 5.69 Å². The number of carbonyl (C=O) groups excluding carboxylic acids is 1. The number of benzene rings is 2. The Morgan fingerprint density at radius 2 is 1.89 bits per heavy atom. The van der Waals surface area contributed by atoms with Crippen molar-refractivity contribution in [3.8, 4) is 11.6 Å². The van der Waals surface area contributed by atoms with Crippen molar-refractivity contribution in [2.45, 2.75) is 26.4 Å². The molecule has 9 heteroatoms. The second-order valence-electron chi connectivity index (χ2n) is 9.17. The van der Waals surface area contributed by atoms with Crippen LogP contribution in [-0.4, -0.2) is 45.6 Å². The smallest absolute Gasteiger partial charge is 0.327 e. The molecule has 0 unspecified atom stereocenters. The second kappa shape index (κ2) is 10.2. The van der Waals surface area contributed by atoms with Crippen LogP contribution >= 0.6 is 0 Å². The summed E-state index contributed by atoms with van der Waals surface area (Å²) >= 11 is 0. The Balaban J connectivity index is 1.11. The molecule has 4 N–H and O–H groups in total. The minimum Gasteiger partial charge on any atom is -0.492 e. The first-order valence-corrected chi connectivity index (χ1v) is 12.1. The molecule has 1 fully saturated rings. The minimum atomic E-state index is -0.422. The normalized spacial score (nSPS) is 14.2. The summed E-state index contributed by atoms with van der Waals surface area (Å²) in [6.07, 6.45) is 1.70. The molecule has 0 saturated carbocycles. The number of ether oxygens (including phenoxy) is 1. The molecule has 36 heavy (non-hydrogen) atoms. The number of aromatic hydroxyl groups is 1. The molecule has 1 amide bonds. The number of fused-ring (bicyclic) bond motifs is 1. The summed E-state index contributed by atoms with van der Waals surface area (Å²) in [5, 5.41) is 13.9. The molecule has 0 aliphatic carbocycles. The van der Waals surface area contributed by atoms with Crippen molar-refractivity contribution >= 4 is 22.6 Å². The summed E-state index contributed by atoms with van der Waals surface area (Å²) in [4.78, 5) is 35.5. The van der Waals surface area contributed by atoms with Crippen molar-refractivity contribution in [1.82, 2.24) is 20.3 Å². The topological polar surface area (TPSA) is 123 Å². The predicted molar refractivity (Wildman–Crippen MR) is 138 cm³/mol. The molecule has 2 aromatic heterocycles. The number of pyridine rings is 1. The van der Waals surface area contributed by atoms with Crippen molar-refractivity contribution in [3.63, 3.8) is 0 Å². The average molecular weight is 488 g/mol. The highest BCUT2D eigenvalue weighted by Crippen LogP contribution is 2.26. The Morgan fingerprint density at radius 1 is 1.14 bits per heavy atom. The Kier molecular flexibility index (Phi) is 6.62. The first-order chi connectivity index (χ1) is 17.5. The third kappa shape index (κ3) is 5.19. The van der Waals surface area contributed by atoms with Crippen LogP contribution in [0, 0.1) is 12.8 Å². The lowest BCUT2D eigenvalue weighted by Crippen LogP contribution is -2.39. The van der Waals surface area contributed by atoms with Crippen molar-refractivity contribution in [2.24, 2.45) is 5.92 Å². The number of aryl methyl sites for hydroxylation is 1. The number of imidazole rings is 1. The largest absolute Gasteiger partial charge is 0.492 e. The van der Waals surface area contributed by atoms with E-state index in [1.165, 1.54) is 0 Å². The molecular formula is C27H29N5O4. The lowest BCUT2D eigenvalue weighted by molar-refractivity contribution is 0.0945. The third-order valence-electron chi connectivity index (χ3n) is 6.61. The fourth-order valence-electron chi connectivity index (χ4n) is 4.67. The summed E-state index contributed by atoms with van der Waals surface area (Å²) < 4.78 is 6.00. The van der Waals surface area contributed by atoms with Gasteiger partial charge in [0.2, 0.25) is 5.88 Å². The predicted octanol–water partition coefficient (Wildman–Crippen LogP) is 3.49. The summed E-state index contributed by atoms with van der Waals surface area (Å²) in [6.45, 7) is 4.36. The van der Waals surface area contributed by atoms with E-state index in [1.54, 1.807) is 12.1 Å². The van der Waals surface area contributed by atoms with Crippen LogP contribution in [0.4, 0.5) is 5.82 Å². The van der Waals surface area contributed by atoms with E-state index in [4.69, 9.17) is 4.74 Å². The molecule has 1 aliphatic rings. The number of aromatic amines is 2. The van der Waals surface area contributed by atoms with Gasteiger partial charge in [0.05, 0.1) is 5.52 Å². The molecule has 0 spiro atoms. The third-order valence-corrected chi connectivity index (χ3v) is 6.61. The van der Waals surface area contributed by atoms with Crippen molar-refractivity contribution in [2.75, 3.05) is 24.5 Å². The number of anilines is 1. The number of carbonyl (C=O) groups is 1. The zero-order valence-electron chi connectivity index (χ0n) is 20.1. The van der Waals surface area contributed by atoms with Gasteiger partial charge < -0.3 is 20.1 Å². The summed E-state index contributed by atoms with van der Waals surface area (Å²) in [5.74, 6) is 1.20. The van der Waals surface area contributed by atoms with Gasteiger partial charge in [-0.25, -0.2) is 4.79 Å². The Labute approximate surface area is 208 Å². The van der Waals surface area contributed by atoms with Crippen LogP contribution < -0.4 is 20.6 Å². The Hall–Kier alpha value is -4.27. The van der Waals surface area contributed by atoms with E-state index in [0.717, 1.165) is 35.0 Å². The fraction of sp³-hybridized carbons (Fsp3) is 0.296. The van der Waals surface area contributed by atoms with E-state index in [-0.39, 0.29) is 11.8 Å². The van der Waals surface area contributed by atoms with Gasteiger partial charge in [-0.3, -0.25) is 19.7 Å². The first-order valence-electron chi connectivity index (χ1n) is 12.1. The summed E-state index contributed by atoms with van der Waals surface area (Å²) in [6, 6.07) is 17.2.